The number of thioether (sulfide) groups is 1. The van der Waals surface area contributed by atoms with Crippen molar-refractivity contribution in [2.24, 2.45) is 29.6 Å². The van der Waals surface area contributed by atoms with Crippen LogP contribution in [0.1, 0.15) is 58.3 Å². The van der Waals surface area contributed by atoms with Crippen LogP contribution >= 0.6 is 11.8 Å². The van der Waals surface area contributed by atoms with Crippen molar-refractivity contribution in [2.45, 2.75) is 63.5 Å². The topological polar surface area (TPSA) is 0 Å². The molecule has 17 heavy (non-hydrogen) atoms. The second kappa shape index (κ2) is 5.15. The second-order valence-corrected chi connectivity index (χ2v) is 7.90. The van der Waals surface area contributed by atoms with Crippen LogP contribution in [-0.4, -0.2) is 11.5 Å². The minimum absolute atomic E-state index is 0.969. The van der Waals surface area contributed by atoms with E-state index in [1.54, 1.807) is 32.1 Å². The van der Waals surface area contributed by atoms with E-state index in [-0.39, 0.29) is 0 Å². The normalized spacial score (nSPS) is 50.5. The lowest BCUT2D eigenvalue weighted by molar-refractivity contribution is 0.00407. The molecule has 3 aliphatic rings. The molecule has 3 rings (SSSR count). The first-order valence-electron chi connectivity index (χ1n) is 7.84. The molecule has 0 spiro atoms. The average molecular weight is 252 g/mol. The highest BCUT2D eigenvalue weighted by Gasteiger charge is 2.45. The molecule has 0 radical (unpaired) electrons. The predicted molar refractivity (Wildman–Crippen MR) is 77.4 cm³/mol. The van der Waals surface area contributed by atoms with Crippen LogP contribution in [-0.2, 0) is 0 Å². The minimum Gasteiger partial charge on any atom is -0.162 e. The molecule has 98 valence electrons. The maximum atomic E-state index is 2.56. The van der Waals surface area contributed by atoms with Crippen LogP contribution < -0.4 is 0 Å². The Morgan fingerprint density at radius 1 is 0.765 bits per heavy atom. The van der Waals surface area contributed by atoms with Gasteiger partial charge in [0.2, 0.25) is 0 Å². The third-order valence-electron chi connectivity index (χ3n) is 6.29. The molecule has 0 aliphatic heterocycles. The first-order chi connectivity index (χ1) is 8.31. The molecular formula is C16H28S. The van der Waals surface area contributed by atoms with Crippen LogP contribution in [0.4, 0.5) is 0 Å². The maximum absolute atomic E-state index is 2.56. The number of hydrogen-bond acceptors (Lipinski definition) is 1. The monoisotopic (exact) mass is 252 g/mol. The van der Waals surface area contributed by atoms with E-state index >= 15 is 0 Å². The molecule has 0 aromatic heterocycles. The van der Waals surface area contributed by atoms with Crippen molar-refractivity contribution in [2.75, 3.05) is 6.26 Å². The van der Waals surface area contributed by atoms with E-state index in [4.69, 9.17) is 0 Å². The largest absolute Gasteiger partial charge is 0.162 e. The molecule has 3 saturated carbocycles. The Balaban J connectivity index is 1.74. The molecular weight excluding hydrogens is 224 g/mol. The van der Waals surface area contributed by atoms with Gasteiger partial charge in [-0.2, -0.15) is 11.8 Å². The van der Waals surface area contributed by atoms with Crippen LogP contribution in [0.5, 0.6) is 0 Å². The summed E-state index contributed by atoms with van der Waals surface area (Å²) in [6.07, 6.45) is 14.7. The number of fused-ring (bicyclic) bond motifs is 3. The van der Waals surface area contributed by atoms with E-state index in [0.29, 0.717) is 0 Å². The Labute approximate surface area is 111 Å². The third kappa shape index (κ3) is 2.17. The molecule has 3 fully saturated rings. The van der Waals surface area contributed by atoms with Crippen molar-refractivity contribution >= 4 is 11.8 Å². The zero-order valence-electron chi connectivity index (χ0n) is 11.5. The van der Waals surface area contributed by atoms with Crippen molar-refractivity contribution in [1.29, 1.82) is 0 Å². The fraction of sp³-hybridized carbons (Fsp3) is 1.00. The fourth-order valence-electron chi connectivity index (χ4n) is 5.41. The quantitative estimate of drug-likeness (QED) is 0.634. The second-order valence-electron chi connectivity index (χ2n) is 6.82. The SMILES string of the molecule is CSC1CCC2C3CCCCC3CCC2C1C. The summed E-state index contributed by atoms with van der Waals surface area (Å²) < 4.78 is 0. The average Bonchev–Trinajstić information content (AvgIpc) is 2.39. The molecule has 0 aromatic rings. The van der Waals surface area contributed by atoms with Gasteiger partial charge in [-0.1, -0.05) is 26.2 Å². The van der Waals surface area contributed by atoms with Gasteiger partial charge >= 0.3 is 0 Å². The molecule has 1 heteroatoms. The summed E-state index contributed by atoms with van der Waals surface area (Å²) in [4.78, 5) is 0. The van der Waals surface area contributed by atoms with Gasteiger partial charge in [-0.3, -0.25) is 0 Å². The standard InChI is InChI=1S/C16H28S/c1-11-13-8-7-12-5-3-4-6-14(12)15(13)9-10-16(11)17-2/h11-16H,3-10H2,1-2H3. The zero-order chi connectivity index (χ0) is 11.8. The van der Waals surface area contributed by atoms with Crippen LogP contribution in [0.3, 0.4) is 0 Å². The van der Waals surface area contributed by atoms with E-state index in [2.05, 4.69) is 24.9 Å². The van der Waals surface area contributed by atoms with E-state index in [1.165, 1.54) is 19.3 Å². The van der Waals surface area contributed by atoms with E-state index < -0.39 is 0 Å². The van der Waals surface area contributed by atoms with E-state index in [1.807, 2.05) is 0 Å². The molecule has 0 heterocycles. The van der Waals surface area contributed by atoms with Gasteiger partial charge in [0.15, 0.2) is 0 Å². The Morgan fingerprint density at radius 2 is 1.53 bits per heavy atom. The first kappa shape index (κ1) is 12.4. The van der Waals surface area contributed by atoms with E-state index in [9.17, 15) is 0 Å². The van der Waals surface area contributed by atoms with Gasteiger partial charge in [0, 0.05) is 5.25 Å². The predicted octanol–water partition coefficient (Wildman–Crippen LogP) is 4.98. The number of rotatable bonds is 1. The van der Waals surface area contributed by atoms with Gasteiger partial charge < -0.3 is 0 Å². The minimum atomic E-state index is 0.969. The van der Waals surface area contributed by atoms with Gasteiger partial charge in [-0.05, 0) is 67.9 Å². The van der Waals surface area contributed by atoms with E-state index in [0.717, 1.165) is 34.8 Å². The highest BCUT2D eigenvalue weighted by molar-refractivity contribution is 7.99. The lowest BCUT2D eigenvalue weighted by Gasteiger charge is -2.52. The Hall–Kier alpha value is 0.350. The lowest BCUT2D eigenvalue weighted by Crippen LogP contribution is -2.44. The lowest BCUT2D eigenvalue weighted by atomic mass is 9.55. The Morgan fingerprint density at radius 3 is 2.35 bits per heavy atom. The van der Waals surface area contributed by atoms with Gasteiger partial charge in [0.25, 0.3) is 0 Å². The van der Waals surface area contributed by atoms with Crippen molar-refractivity contribution in [3.63, 3.8) is 0 Å². The van der Waals surface area contributed by atoms with Crippen LogP contribution in [0.25, 0.3) is 0 Å². The van der Waals surface area contributed by atoms with Crippen molar-refractivity contribution in [1.82, 2.24) is 0 Å². The molecule has 6 atom stereocenters. The number of hydrogen-bond donors (Lipinski definition) is 0. The zero-order valence-corrected chi connectivity index (χ0v) is 12.3. The molecule has 0 nitrogen and oxygen atoms in total. The molecule has 3 aliphatic carbocycles. The highest BCUT2D eigenvalue weighted by atomic mass is 32.2. The van der Waals surface area contributed by atoms with Crippen LogP contribution in [0, 0.1) is 29.6 Å². The molecule has 0 N–H and O–H groups in total. The summed E-state index contributed by atoms with van der Waals surface area (Å²) in [5.41, 5.74) is 0. The summed E-state index contributed by atoms with van der Waals surface area (Å²) in [5.74, 6) is 5.45. The summed E-state index contributed by atoms with van der Waals surface area (Å²) in [7, 11) is 0. The summed E-state index contributed by atoms with van der Waals surface area (Å²) in [6, 6.07) is 0. The van der Waals surface area contributed by atoms with Crippen LogP contribution in [0.15, 0.2) is 0 Å². The molecule has 0 bridgehead atoms. The molecule has 0 aromatic carbocycles. The molecule has 6 unspecified atom stereocenters. The third-order valence-corrected chi connectivity index (χ3v) is 7.56. The Bertz CT molecular complexity index is 262. The van der Waals surface area contributed by atoms with Crippen molar-refractivity contribution in [3.05, 3.63) is 0 Å². The molecule has 0 amide bonds. The smallest absolute Gasteiger partial charge is 0.00727 e. The van der Waals surface area contributed by atoms with Gasteiger partial charge in [0.05, 0.1) is 0 Å². The van der Waals surface area contributed by atoms with Crippen molar-refractivity contribution < 1.29 is 0 Å². The van der Waals surface area contributed by atoms with Gasteiger partial charge in [-0.15, -0.1) is 0 Å². The summed E-state index contributed by atoms with van der Waals surface area (Å²) in [6.45, 7) is 2.56. The summed E-state index contributed by atoms with van der Waals surface area (Å²) in [5, 5.41) is 0.969. The van der Waals surface area contributed by atoms with Crippen LogP contribution in [0.2, 0.25) is 0 Å². The Kier molecular flexibility index (Phi) is 3.75. The highest BCUT2D eigenvalue weighted by Crippen LogP contribution is 2.54. The maximum Gasteiger partial charge on any atom is 0.00727 e. The fourth-order valence-corrected chi connectivity index (χ4v) is 6.41. The van der Waals surface area contributed by atoms with Crippen molar-refractivity contribution in [3.8, 4) is 0 Å². The molecule has 0 saturated heterocycles. The van der Waals surface area contributed by atoms with Gasteiger partial charge in [-0.25, -0.2) is 0 Å². The summed E-state index contributed by atoms with van der Waals surface area (Å²) >= 11 is 2.14. The first-order valence-corrected chi connectivity index (χ1v) is 9.13. The van der Waals surface area contributed by atoms with Gasteiger partial charge in [0.1, 0.15) is 0 Å².